The molecule has 7 aromatic heterocycles. The van der Waals surface area contributed by atoms with E-state index in [-0.39, 0.29) is 73.9 Å². The van der Waals surface area contributed by atoms with E-state index in [0.29, 0.717) is 0 Å². The molecule has 0 unspecified atom stereocenters. The topological polar surface area (TPSA) is 133 Å². The number of alkyl halides is 2. The highest BCUT2D eigenvalue weighted by atomic mass is 35.5. The summed E-state index contributed by atoms with van der Waals surface area (Å²) in [5.41, 5.74) is 13.7. The van der Waals surface area contributed by atoms with E-state index < -0.39 is 5.92 Å². The maximum atomic E-state index is 13.6. The molecule has 139 heavy (non-hydrogen) atoms. The highest BCUT2D eigenvalue weighted by Gasteiger charge is 2.54. The lowest BCUT2D eigenvalue weighted by Gasteiger charge is -2.46. The van der Waals surface area contributed by atoms with Crippen molar-refractivity contribution in [2.24, 2.45) is 0 Å². The number of aryl methyl sites for hydroxylation is 6. The van der Waals surface area contributed by atoms with Crippen molar-refractivity contribution in [3.63, 3.8) is 0 Å². The molecule has 0 bridgehead atoms. The van der Waals surface area contributed by atoms with Gasteiger partial charge in [-0.15, -0.1) is 11.3 Å². The summed E-state index contributed by atoms with van der Waals surface area (Å²) in [6.07, 6.45) is 71.4. The number of pyridine rings is 6. The molecular formula is C122H160ClF3N6O6S. The van der Waals surface area contributed by atoms with Gasteiger partial charge in [-0.3, -0.25) is 29.9 Å². The molecule has 5 aliphatic carbocycles. The largest absolute Gasteiger partial charge is 0.496 e. The smallest absolute Gasteiger partial charge is 0.272 e. The standard InChI is InChI=1S/C25H32F2N2O.C25H33NO.C24H30ClNO.C24H30FNO.C23H31NO2S.CH4/c1-23(26,27)21-16-20(17-28-18-21)8-2-4-10-24(22-9-3-7-14-29-22)13-15-30-25(19-24)11-5-6-12-25;1-21-9-8-11-22(19-21)10-2-4-13-24(23-12-3-7-17-26-23)16-18-27-25(20-24)14-5-6-15-25;2*25-21-10-7-9-20(18-21)8-1-3-12-23(22-11-2-6-16-26-22)15-17-27-24(19-23)13-4-5-14-24;1-25-19-10-17-27-20(19)8-2-4-11-22(21-9-3-7-15-24-21)14-16-26-23(18-22)12-5-6-13-23;/h3,7,9,14,16-18H,2,4-6,8,10-13,15,19H2,1H3;3,7-9,11-12,17,19H,2,4-6,10,13-16,18,20H2,1H3;2*2,6-7,9-11,16,18H,1,3-5,8,12-15,17,19H2;3,7,9-10,15,17H,2,4-6,8,11-14,16,18H2,1H3;1H4/t2*24-;2*23-;22-;/m11111./s1. The van der Waals surface area contributed by atoms with Gasteiger partial charge >= 0.3 is 0 Å². The number of unbranched alkanes of at least 4 members (excludes halogenated alkanes) is 5. The van der Waals surface area contributed by atoms with E-state index in [9.17, 15) is 13.2 Å². The molecule has 0 amide bonds. The first kappa shape index (κ1) is 105. The Morgan fingerprint density at radius 3 is 0.978 bits per heavy atom. The van der Waals surface area contributed by atoms with Gasteiger partial charge < -0.3 is 28.4 Å². The zero-order valence-electron chi connectivity index (χ0n) is 83.3. The fourth-order valence-electron chi connectivity index (χ4n) is 26.7. The number of hydrogen-bond acceptors (Lipinski definition) is 13. The van der Waals surface area contributed by atoms with Crippen LogP contribution in [0.2, 0.25) is 5.02 Å². The van der Waals surface area contributed by atoms with E-state index in [2.05, 4.69) is 126 Å². The van der Waals surface area contributed by atoms with Crippen molar-refractivity contribution < 1.29 is 41.6 Å². The first-order valence-electron chi connectivity index (χ1n) is 53.5. The van der Waals surface area contributed by atoms with Crippen LogP contribution in [0.15, 0.2) is 225 Å². The van der Waals surface area contributed by atoms with Crippen LogP contribution in [0.3, 0.4) is 0 Å². The van der Waals surface area contributed by atoms with Gasteiger partial charge in [0.1, 0.15) is 11.6 Å². The number of benzene rings is 3. The minimum absolute atomic E-state index is 0. The Hall–Kier alpha value is -8.06. The van der Waals surface area contributed by atoms with Crippen molar-refractivity contribution in [1.82, 2.24) is 29.9 Å². The van der Waals surface area contributed by atoms with Gasteiger partial charge in [0.2, 0.25) is 0 Å². The summed E-state index contributed by atoms with van der Waals surface area (Å²) in [5.74, 6) is -1.93. The zero-order valence-corrected chi connectivity index (χ0v) is 84.9. The number of thiophene rings is 1. The van der Waals surface area contributed by atoms with Crippen molar-refractivity contribution in [2.75, 3.05) is 40.1 Å². The predicted molar refractivity (Wildman–Crippen MR) is 560 cm³/mol. The minimum atomic E-state index is -2.84. The number of hydrogen-bond donors (Lipinski definition) is 0. The molecule has 0 N–H and O–H groups in total. The minimum Gasteiger partial charge on any atom is -0.496 e. The molecule has 20 rings (SSSR count). The highest BCUT2D eigenvalue weighted by Crippen LogP contribution is 2.57. The first-order valence-corrected chi connectivity index (χ1v) is 54.8. The van der Waals surface area contributed by atoms with Gasteiger partial charge in [0.15, 0.2) is 0 Å². The highest BCUT2D eigenvalue weighted by molar-refractivity contribution is 7.10. The lowest BCUT2D eigenvalue weighted by atomic mass is 9.67. The van der Waals surface area contributed by atoms with Gasteiger partial charge in [0.25, 0.3) is 5.92 Å². The molecule has 10 fully saturated rings. The Balaban J connectivity index is 0.000000131. The van der Waals surface area contributed by atoms with Crippen molar-refractivity contribution >= 4 is 22.9 Å². The third-order valence-electron chi connectivity index (χ3n) is 33.7. The summed E-state index contributed by atoms with van der Waals surface area (Å²) in [6, 6.07) is 59.8. The van der Waals surface area contributed by atoms with Crippen LogP contribution in [-0.2, 0) is 88.8 Å². The van der Waals surface area contributed by atoms with Gasteiger partial charge in [0.05, 0.1) is 35.1 Å². The summed E-state index contributed by atoms with van der Waals surface area (Å²) in [5, 5.41) is 2.97. The van der Waals surface area contributed by atoms with Crippen LogP contribution in [-0.4, -0.2) is 98.1 Å². The summed E-state index contributed by atoms with van der Waals surface area (Å²) in [6.45, 7) is 7.42. The van der Waals surface area contributed by atoms with Gasteiger partial charge in [-0.1, -0.05) is 200 Å². The molecule has 10 aliphatic rings. The lowest BCUT2D eigenvalue weighted by molar-refractivity contribution is -0.105. The maximum Gasteiger partial charge on any atom is 0.272 e. The number of nitrogens with zero attached hydrogens (tertiary/aromatic N) is 6. The summed E-state index contributed by atoms with van der Waals surface area (Å²) in [7, 11) is 1.77. The van der Waals surface area contributed by atoms with Gasteiger partial charge in [-0.25, -0.2) is 13.2 Å². The monoisotopic (exact) mass is 1930 g/mol. The molecular weight excluding hydrogens is 1770 g/mol. The summed E-state index contributed by atoms with van der Waals surface area (Å²) < 4.78 is 77.8. The molecule has 3 aromatic carbocycles. The van der Waals surface area contributed by atoms with E-state index >= 15 is 0 Å². The molecule has 17 heteroatoms. The van der Waals surface area contributed by atoms with Crippen molar-refractivity contribution in [3.05, 3.63) is 302 Å². The molecule has 5 spiro atoms. The fraction of sp³-hybridized carbons (Fsp3) is 0.574. The second-order valence-corrected chi connectivity index (χ2v) is 44.9. The van der Waals surface area contributed by atoms with Crippen LogP contribution in [0.5, 0.6) is 5.75 Å². The number of ether oxygens (including phenoxy) is 6. The molecule has 5 atom stereocenters. The fourth-order valence-corrected chi connectivity index (χ4v) is 27.8. The van der Waals surface area contributed by atoms with E-state index in [1.165, 1.54) is 249 Å². The normalized spacial score (nSPS) is 24.0. The Morgan fingerprint density at radius 1 is 0.353 bits per heavy atom. The number of rotatable bonds is 32. The van der Waals surface area contributed by atoms with E-state index in [1.807, 2.05) is 90.9 Å². The molecule has 5 aliphatic heterocycles. The third kappa shape index (κ3) is 28.1. The molecule has 10 aromatic rings. The van der Waals surface area contributed by atoms with Crippen LogP contribution in [0, 0.1) is 12.7 Å². The molecule has 12 nitrogen and oxygen atoms in total. The Labute approximate surface area is 840 Å². The van der Waals surface area contributed by atoms with Crippen LogP contribution in [0.4, 0.5) is 13.2 Å². The predicted octanol–water partition coefficient (Wildman–Crippen LogP) is 31.6. The maximum absolute atomic E-state index is 13.6. The average Bonchev–Trinajstić information content (AvgIpc) is 1.72. The van der Waals surface area contributed by atoms with Gasteiger partial charge in [-0.05, 0) is 356 Å². The molecule has 5 saturated heterocycles. The van der Waals surface area contributed by atoms with Crippen molar-refractivity contribution in [3.8, 4) is 5.75 Å². The van der Waals surface area contributed by atoms with Crippen LogP contribution in [0.1, 0.15) is 370 Å². The Morgan fingerprint density at radius 2 is 0.669 bits per heavy atom. The zero-order chi connectivity index (χ0) is 95.4. The Bertz CT molecular complexity index is 4990. The van der Waals surface area contributed by atoms with E-state index in [4.69, 9.17) is 64.9 Å². The number of halogens is 4. The van der Waals surface area contributed by atoms with E-state index in [1.54, 1.807) is 25.4 Å². The number of aromatic nitrogens is 6. The van der Waals surface area contributed by atoms with Gasteiger partial charge in [0, 0.05) is 154 Å². The van der Waals surface area contributed by atoms with Crippen LogP contribution in [0.25, 0.3) is 0 Å². The molecule has 0 radical (unpaired) electrons. The summed E-state index contributed by atoms with van der Waals surface area (Å²) >= 11 is 7.94. The van der Waals surface area contributed by atoms with Crippen molar-refractivity contribution in [2.45, 2.75) is 403 Å². The Kier molecular flexibility index (Phi) is 37.8. The first-order chi connectivity index (χ1) is 67.3. The number of methoxy groups -OCH3 is 1. The SMILES string of the molecule is C.CC(F)(F)c1cncc(CCCC[C@@]2(c3ccccn3)CCOC3(CCCC3)C2)c1.COc1ccsc1CCCC[C@@]1(c2ccccn2)CCOC2(CCCC2)C1.Cc1cccc(CCCC[C@@]2(c3ccccn3)CCOC3(CCCC3)C2)c1.Clc1cccc(CCCC[C@@]2(c3ccccn3)CCOC3(CCCC3)C2)c1.Fc1cccc(CCCC[C@@]2(c3ccccn3)CCOC3(CCCC3)C2)c1. The molecule has 5 saturated carbocycles. The van der Waals surface area contributed by atoms with Crippen LogP contribution < -0.4 is 4.74 Å². The summed E-state index contributed by atoms with van der Waals surface area (Å²) in [4.78, 5) is 29.4. The molecule has 12 heterocycles. The third-order valence-corrected chi connectivity index (χ3v) is 34.9. The average molecular weight is 1930 g/mol. The second kappa shape index (κ2) is 50.0. The lowest BCUT2D eigenvalue weighted by Crippen LogP contribution is -2.46. The van der Waals surface area contributed by atoms with Crippen molar-refractivity contribution in [1.29, 1.82) is 0 Å². The van der Waals surface area contributed by atoms with Gasteiger partial charge in [-0.2, -0.15) is 0 Å². The second-order valence-electron chi connectivity index (χ2n) is 43.5. The van der Waals surface area contributed by atoms with E-state index in [0.717, 1.165) is 197 Å². The quantitative estimate of drug-likeness (QED) is 0.0372. The van der Waals surface area contributed by atoms with Crippen LogP contribution >= 0.6 is 22.9 Å². The molecule has 748 valence electrons.